The second-order valence-corrected chi connectivity index (χ2v) is 5.75. The lowest BCUT2D eigenvalue weighted by Crippen LogP contribution is -2.51. The van der Waals surface area contributed by atoms with E-state index in [4.69, 9.17) is 4.74 Å². The Balaban J connectivity index is 1.90. The van der Waals surface area contributed by atoms with Gasteiger partial charge in [0.15, 0.2) is 0 Å². The minimum absolute atomic E-state index is 0.450. The Hall–Kier alpha value is -0.900. The molecule has 0 saturated carbocycles. The molecule has 19 heavy (non-hydrogen) atoms. The number of nitrogens with one attached hydrogen (secondary N) is 1. The molecule has 1 aromatic carbocycles. The predicted octanol–water partition coefficient (Wildman–Crippen LogP) is 2.16. The SMILES string of the molecule is CNC1c2ccccc2C(C)CC1N1CCOCC1. The summed E-state index contributed by atoms with van der Waals surface area (Å²) in [6, 6.07) is 9.96. The molecule has 3 rings (SSSR count). The smallest absolute Gasteiger partial charge is 0.0594 e. The normalized spacial score (nSPS) is 32.0. The molecular formula is C16H24N2O. The Kier molecular flexibility index (Phi) is 3.87. The lowest BCUT2D eigenvalue weighted by molar-refractivity contribution is 0.00265. The van der Waals surface area contributed by atoms with Crippen molar-refractivity contribution >= 4 is 0 Å². The summed E-state index contributed by atoms with van der Waals surface area (Å²) in [7, 11) is 2.09. The third-order valence-corrected chi connectivity index (χ3v) is 4.67. The molecule has 1 saturated heterocycles. The van der Waals surface area contributed by atoms with E-state index in [0.29, 0.717) is 18.0 Å². The zero-order valence-corrected chi connectivity index (χ0v) is 11.9. The topological polar surface area (TPSA) is 24.5 Å². The van der Waals surface area contributed by atoms with E-state index < -0.39 is 0 Å². The zero-order chi connectivity index (χ0) is 13.2. The molecule has 1 fully saturated rings. The van der Waals surface area contributed by atoms with Crippen molar-refractivity contribution in [2.75, 3.05) is 33.4 Å². The molecule has 3 atom stereocenters. The van der Waals surface area contributed by atoms with E-state index in [-0.39, 0.29) is 0 Å². The summed E-state index contributed by atoms with van der Waals surface area (Å²) in [5, 5.41) is 3.55. The van der Waals surface area contributed by atoms with Gasteiger partial charge in [0.25, 0.3) is 0 Å². The van der Waals surface area contributed by atoms with Gasteiger partial charge in [-0.25, -0.2) is 0 Å². The lowest BCUT2D eigenvalue weighted by atomic mass is 9.77. The van der Waals surface area contributed by atoms with Crippen molar-refractivity contribution in [3.63, 3.8) is 0 Å². The third-order valence-electron chi connectivity index (χ3n) is 4.67. The third kappa shape index (κ3) is 2.42. The van der Waals surface area contributed by atoms with Crippen molar-refractivity contribution < 1.29 is 4.74 Å². The average Bonchev–Trinajstić information content (AvgIpc) is 2.48. The highest BCUT2D eigenvalue weighted by molar-refractivity contribution is 5.36. The molecule has 3 unspecified atom stereocenters. The van der Waals surface area contributed by atoms with Crippen LogP contribution in [0.15, 0.2) is 24.3 Å². The van der Waals surface area contributed by atoms with Crippen LogP contribution < -0.4 is 5.32 Å². The maximum absolute atomic E-state index is 5.49. The van der Waals surface area contributed by atoms with E-state index in [2.05, 4.69) is 48.5 Å². The molecule has 0 radical (unpaired) electrons. The van der Waals surface area contributed by atoms with Crippen LogP contribution in [0.4, 0.5) is 0 Å². The fraction of sp³-hybridized carbons (Fsp3) is 0.625. The molecule has 1 aliphatic carbocycles. The van der Waals surface area contributed by atoms with E-state index >= 15 is 0 Å². The van der Waals surface area contributed by atoms with E-state index in [0.717, 1.165) is 26.3 Å². The summed E-state index contributed by atoms with van der Waals surface area (Å²) in [4.78, 5) is 2.61. The zero-order valence-electron chi connectivity index (χ0n) is 11.9. The Morgan fingerprint density at radius 2 is 1.84 bits per heavy atom. The van der Waals surface area contributed by atoms with Crippen LogP contribution in [-0.2, 0) is 4.74 Å². The highest BCUT2D eigenvalue weighted by Gasteiger charge is 2.35. The number of benzene rings is 1. The first-order valence-corrected chi connectivity index (χ1v) is 7.39. The summed E-state index contributed by atoms with van der Waals surface area (Å²) in [6.07, 6.45) is 1.24. The predicted molar refractivity (Wildman–Crippen MR) is 77.5 cm³/mol. The summed E-state index contributed by atoms with van der Waals surface area (Å²) in [5.74, 6) is 0.647. The number of fused-ring (bicyclic) bond motifs is 1. The van der Waals surface area contributed by atoms with Gasteiger partial charge in [0, 0.05) is 25.2 Å². The van der Waals surface area contributed by atoms with Gasteiger partial charge < -0.3 is 10.1 Å². The average molecular weight is 260 g/mol. The largest absolute Gasteiger partial charge is 0.379 e. The Bertz CT molecular complexity index is 429. The molecule has 0 bridgehead atoms. The Morgan fingerprint density at radius 1 is 1.16 bits per heavy atom. The van der Waals surface area contributed by atoms with Gasteiger partial charge in [0.1, 0.15) is 0 Å². The number of morpholine rings is 1. The first-order valence-electron chi connectivity index (χ1n) is 7.39. The Morgan fingerprint density at radius 3 is 2.53 bits per heavy atom. The molecule has 0 aromatic heterocycles. The highest BCUT2D eigenvalue weighted by atomic mass is 16.5. The number of ether oxygens (including phenoxy) is 1. The lowest BCUT2D eigenvalue weighted by Gasteiger charge is -2.44. The number of likely N-dealkylation sites (N-methyl/N-ethyl adjacent to an activating group) is 1. The van der Waals surface area contributed by atoms with Crippen molar-refractivity contribution in [3.05, 3.63) is 35.4 Å². The Labute approximate surface area is 115 Å². The molecule has 1 aliphatic heterocycles. The first kappa shape index (κ1) is 13.1. The quantitative estimate of drug-likeness (QED) is 0.882. The standard InChI is InChI=1S/C16H24N2O/c1-12-11-15(18-7-9-19-10-8-18)16(17-2)14-6-4-3-5-13(12)14/h3-6,12,15-17H,7-11H2,1-2H3. The highest BCUT2D eigenvalue weighted by Crippen LogP contribution is 2.39. The fourth-order valence-electron chi connectivity index (χ4n) is 3.69. The maximum atomic E-state index is 5.49. The monoisotopic (exact) mass is 260 g/mol. The molecule has 2 aliphatic rings. The van der Waals surface area contributed by atoms with E-state index in [1.54, 1.807) is 0 Å². The number of hydrogen-bond donors (Lipinski definition) is 1. The minimum Gasteiger partial charge on any atom is -0.379 e. The van der Waals surface area contributed by atoms with Gasteiger partial charge in [0.05, 0.1) is 13.2 Å². The van der Waals surface area contributed by atoms with Gasteiger partial charge in [-0.15, -0.1) is 0 Å². The van der Waals surface area contributed by atoms with Crippen LogP contribution in [0.3, 0.4) is 0 Å². The van der Waals surface area contributed by atoms with E-state index in [9.17, 15) is 0 Å². The summed E-state index contributed by atoms with van der Waals surface area (Å²) < 4.78 is 5.49. The number of hydrogen-bond acceptors (Lipinski definition) is 3. The molecule has 1 aromatic rings. The van der Waals surface area contributed by atoms with Crippen LogP contribution in [0, 0.1) is 0 Å². The molecule has 0 spiro atoms. The molecule has 0 amide bonds. The fourth-order valence-corrected chi connectivity index (χ4v) is 3.69. The van der Waals surface area contributed by atoms with E-state index in [1.807, 2.05) is 0 Å². The van der Waals surface area contributed by atoms with Crippen molar-refractivity contribution in [3.8, 4) is 0 Å². The van der Waals surface area contributed by atoms with Crippen molar-refractivity contribution in [2.45, 2.75) is 31.3 Å². The molecule has 3 nitrogen and oxygen atoms in total. The number of nitrogens with zero attached hydrogens (tertiary/aromatic N) is 1. The molecule has 104 valence electrons. The van der Waals surface area contributed by atoms with Crippen molar-refractivity contribution in [1.29, 1.82) is 0 Å². The second kappa shape index (κ2) is 5.61. The molecule has 3 heteroatoms. The summed E-state index contributed by atoms with van der Waals surface area (Å²) in [5.41, 5.74) is 3.01. The number of rotatable bonds is 2. The van der Waals surface area contributed by atoms with Crippen LogP contribution >= 0.6 is 0 Å². The van der Waals surface area contributed by atoms with Crippen molar-refractivity contribution in [1.82, 2.24) is 10.2 Å². The molecular weight excluding hydrogens is 236 g/mol. The van der Waals surface area contributed by atoms with Crippen LogP contribution in [0.2, 0.25) is 0 Å². The van der Waals surface area contributed by atoms with Crippen LogP contribution in [0.25, 0.3) is 0 Å². The van der Waals surface area contributed by atoms with Gasteiger partial charge in [-0.2, -0.15) is 0 Å². The van der Waals surface area contributed by atoms with Crippen molar-refractivity contribution in [2.24, 2.45) is 0 Å². The van der Waals surface area contributed by atoms with Crippen LogP contribution in [0.1, 0.15) is 36.4 Å². The molecule has 1 heterocycles. The maximum Gasteiger partial charge on any atom is 0.0594 e. The van der Waals surface area contributed by atoms with Gasteiger partial charge in [-0.3, -0.25) is 4.90 Å². The summed E-state index contributed by atoms with van der Waals surface area (Å²) in [6.45, 7) is 6.25. The minimum atomic E-state index is 0.450. The van der Waals surface area contributed by atoms with Gasteiger partial charge in [-0.1, -0.05) is 31.2 Å². The van der Waals surface area contributed by atoms with Gasteiger partial charge in [0.2, 0.25) is 0 Å². The molecule has 1 N–H and O–H groups in total. The van der Waals surface area contributed by atoms with Crippen LogP contribution in [0.5, 0.6) is 0 Å². The first-order chi connectivity index (χ1) is 9.31. The van der Waals surface area contributed by atoms with Gasteiger partial charge in [-0.05, 0) is 30.5 Å². The van der Waals surface area contributed by atoms with Gasteiger partial charge >= 0.3 is 0 Å². The van der Waals surface area contributed by atoms with Crippen LogP contribution in [-0.4, -0.2) is 44.3 Å². The van der Waals surface area contributed by atoms with E-state index in [1.165, 1.54) is 17.5 Å². The summed E-state index contributed by atoms with van der Waals surface area (Å²) >= 11 is 0. The second-order valence-electron chi connectivity index (χ2n) is 5.75.